The summed E-state index contributed by atoms with van der Waals surface area (Å²) in [5.74, 6) is 0.323. The van der Waals surface area contributed by atoms with E-state index in [0.29, 0.717) is 23.9 Å². The third kappa shape index (κ3) is 4.50. The van der Waals surface area contributed by atoms with E-state index in [2.05, 4.69) is 19.2 Å². The second-order valence-corrected chi connectivity index (χ2v) is 6.33. The summed E-state index contributed by atoms with van der Waals surface area (Å²) >= 11 is 0. The minimum atomic E-state index is -0.494. The maximum atomic E-state index is 13.9. The van der Waals surface area contributed by atoms with E-state index < -0.39 is 11.6 Å². The molecule has 1 fully saturated rings. The van der Waals surface area contributed by atoms with Gasteiger partial charge in [-0.05, 0) is 55.7 Å². The Morgan fingerprint density at radius 2 is 2.00 bits per heavy atom. The molecule has 1 aliphatic rings. The van der Waals surface area contributed by atoms with Gasteiger partial charge in [-0.25, -0.2) is 8.78 Å². The summed E-state index contributed by atoms with van der Waals surface area (Å²) in [6.45, 7) is 5.30. The fourth-order valence-electron chi connectivity index (χ4n) is 3.76. The molecule has 1 saturated carbocycles. The van der Waals surface area contributed by atoms with Crippen LogP contribution in [0.4, 0.5) is 8.78 Å². The summed E-state index contributed by atoms with van der Waals surface area (Å²) in [6, 6.07) is 4.45. The van der Waals surface area contributed by atoms with E-state index in [4.69, 9.17) is 0 Å². The second-order valence-electron chi connectivity index (χ2n) is 6.33. The van der Waals surface area contributed by atoms with Crippen LogP contribution in [0.1, 0.15) is 51.5 Å². The SMILES string of the molecule is CCCC1CCC(NCC)C(Cc2ccc(F)cc2F)C1. The highest BCUT2D eigenvalue weighted by Crippen LogP contribution is 2.34. The molecule has 3 heteroatoms. The van der Waals surface area contributed by atoms with Gasteiger partial charge in [-0.1, -0.05) is 32.8 Å². The van der Waals surface area contributed by atoms with Crippen molar-refractivity contribution in [3.63, 3.8) is 0 Å². The van der Waals surface area contributed by atoms with Crippen LogP contribution in [0.2, 0.25) is 0 Å². The molecule has 1 nitrogen and oxygen atoms in total. The molecular formula is C18H27F2N. The zero-order chi connectivity index (χ0) is 15.2. The van der Waals surface area contributed by atoms with Crippen LogP contribution in [-0.2, 0) is 6.42 Å². The van der Waals surface area contributed by atoms with E-state index in [1.807, 2.05) is 0 Å². The Balaban J connectivity index is 2.07. The normalized spacial score (nSPS) is 26.0. The van der Waals surface area contributed by atoms with Gasteiger partial charge >= 0.3 is 0 Å². The Bertz CT molecular complexity index is 447. The van der Waals surface area contributed by atoms with Crippen LogP contribution < -0.4 is 5.32 Å². The summed E-state index contributed by atoms with van der Waals surface area (Å²) < 4.78 is 26.9. The number of hydrogen-bond acceptors (Lipinski definition) is 1. The Labute approximate surface area is 127 Å². The fourth-order valence-corrected chi connectivity index (χ4v) is 3.76. The number of rotatable bonds is 6. The zero-order valence-electron chi connectivity index (χ0n) is 13.2. The Hall–Kier alpha value is -0.960. The highest BCUT2D eigenvalue weighted by Gasteiger charge is 2.30. The van der Waals surface area contributed by atoms with Gasteiger partial charge in [-0.3, -0.25) is 0 Å². The van der Waals surface area contributed by atoms with Gasteiger partial charge in [-0.2, -0.15) is 0 Å². The molecule has 3 unspecified atom stereocenters. The second kappa shape index (κ2) is 7.88. The molecule has 118 valence electrons. The van der Waals surface area contributed by atoms with Crippen LogP contribution in [0, 0.1) is 23.5 Å². The number of benzene rings is 1. The van der Waals surface area contributed by atoms with Crippen molar-refractivity contribution in [3.8, 4) is 0 Å². The monoisotopic (exact) mass is 295 g/mol. The summed E-state index contributed by atoms with van der Waals surface area (Å²) in [5, 5.41) is 3.55. The minimum Gasteiger partial charge on any atom is -0.314 e. The van der Waals surface area contributed by atoms with Gasteiger partial charge in [-0.15, -0.1) is 0 Å². The fraction of sp³-hybridized carbons (Fsp3) is 0.667. The first-order valence-corrected chi connectivity index (χ1v) is 8.31. The molecule has 21 heavy (non-hydrogen) atoms. The van der Waals surface area contributed by atoms with Crippen molar-refractivity contribution in [2.24, 2.45) is 11.8 Å². The largest absolute Gasteiger partial charge is 0.314 e. The maximum Gasteiger partial charge on any atom is 0.129 e. The molecule has 0 heterocycles. The predicted molar refractivity (Wildman–Crippen MR) is 83.3 cm³/mol. The molecule has 0 spiro atoms. The molecular weight excluding hydrogens is 268 g/mol. The van der Waals surface area contributed by atoms with E-state index >= 15 is 0 Å². The smallest absolute Gasteiger partial charge is 0.129 e. The van der Waals surface area contributed by atoms with Crippen LogP contribution in [0.3, 0.4) is 0 Å². The van der Waals surface area contributed by atoms with Gasteiger partial charge in [0.15, 0.2) is 0 Å². The summed E-state index contributed by atoms with van der Waals surface area (Å²) in [4.78, 5) is 0. The van der Waals surface area contributed by atoms with Gasteiger partial charge in [0.05, 0.1) is 0 Å². The lowest BCUT2D eigenvalue weighted by Crippen LogP contribution is -2.41. The summed E-state index contributed by atoms with van der Waals surface area (Å²) in [6.07, 6.45) is 6.79. The van der Waals surface area contributed by atoms with Crippen molar-refractivity contribution >= 4 is 0 Å². The van der Waals surface area contributed by atoms with Crippen molar-refractivity contribution in [1.82, 2.24) is 5.32 Å². The van der Waals surface area contributed by atoms with Crippen molar-refractivity contribution in [3.05, 3.63) is 35.4 Å². The molecule has 1 aliphatic carbocycles. The van der Waals surface area contributed by atoms with E-state index in [-0.39, 0.29) is 0 Å². The van der Waals surface area contributed by atoms with E-state index in [0.717, 1.165) is 24.9 Å². The standard InChI is InChI=1S/C18H27F2N/c1-3-5-13-6-9-18(21-4-2)15(10-13)11-14-7-8-16(19)12-17(14)20/h7-8,12-13,15,18,21H,3-6,9-11H2,1-2H3. The summed E-state index contributed by atoms with van der Waals surface area (Å²) in [5.41, 5.74) is 0.654. The van der Waals surface area contributed by atoms with Crippen molar-refractivity contribution < 1.29 is 8.78 Å². The van der Waals surface area contributed by atoms with Gasteiger partial charge in [0.2, 0.25) is 0 Å². The lowest BCUT2D eigenvalue weighted by molar-refractivity contribution is 0.194. The van der Waals surface area contributed by atoms with Crippen LogP contribution >= 0.6 is 0 Å². The van der Waals surface area contributed by atoms with Crippen LogP contribution in [0.5, 0.6) is 0 Å². The molecule has 0 aliphatic heterocycles. The first-order valence-electron chi connectivity index (χ1n) is 8.31. The minimum absolute atomic E-state index is 0.400. The van der Waals surface area contributed by atoms with Crippen LogP contribution in [0.15, 0.2) is 18.2 Å². The lowest BCUT2D eigenvalue weighted by Gasteiger charge is -2.37. The Morgan fingerprint density at radius 1 is 1.19 bits per heavy atom. The molecule has 3 atom stereocenters. The maximum absolute atomic E-state index is 13.9. The van der Waals surface area contributed by atoms with Gasteiger partial charge < -0.3 is 5.32 Å². The first-order chi connectivity index (χ1) is 10.1. The van der Waals surface area contributed by atoms with Crippen LogP contribution in [-0.4, -0.2) is 12.6 Å². The quantitative estimate of drug-likeness (QED) is 0.802. The average Bonchev–Trinajstić information content (AvgIpc) is 2.45. The molecule has 0 aromatic heterocycles. The molecule has 1 aromatic carbocycles. The third-order valence-corrected chi connectivity index (χ3v) is 4.75. The first kappa shape index (κ1) is 16.4. The number of hydrogen-bond donors (Lipinski definition) is 1. The lowest BCUT2D eigenvalue weighted by atomic mass is 9.74. The van der Waals surface area contributed by atoms with E-state index in [1.54, 1.807) is 6.07 Å². The van der Waals surface area contributed by atoms with Crippen molar-refractivity contribution in [1.29, 1.82) is 0 Å². The van der Waals surface area contributed by atoms with E-state index in [9.17, 15) is 8.78 Å². The molecule has 1 aromatic rings. The number of nitrogens with one attached hydrogen (secondary N) is 1. The predicted octanol–water partition coefficient (Wildman–Crippen LogP) is 4.70. The number of halogens is 2. The molecule has 0 bridgehead atoms. The van der Waals surface area contributed by atoms with Crippen molar-refractivity contribution in [2.75, 3.05) is 6.54 Å². The van der Waals surface area contributed by atoms with Crippen molar-refractivity contribution in [2.45, 2.75) is 58.4 Å². The highest BCUT2D eigenvalue weighted by atomic mass is 19.1. The third-order valence-electron chi connectivity index (χ3n) is 4.75. The van der Waals surface area contributed by atoms with Gasteiger partial charge in [0.25, 0.3) is 0 Å². The zero-order valence-corrected chi connectivity index (χ0v) is 13.2. The Kier molecular flexibility index (Phi) is 6.16. The molecule has 0 radical (unpaired) electrons. The Morgan fingerprint density at radius 3 is 2.67 bits per heavy atom. The molecule has 1 N–H and O–H groups in total. The van der Waals surface area contributed by atoms with Gasteiger partial charge in [0.1, 0.15) is 11.6 Å². The summed E-state index contributed by atoms with van der Waals surface area (Å²) in [7, 11) is 0. The van der Waals surface area contributed by atoms with Gasteiger partial charge in [0, 0.05) is 12.1 Å². The topological polar surface area (TPSA) is 12.0 Å². The average molecular weight is 295 g/mol. The van der Waals surface area contributed by atoms with Crippen LogP contribution in [0.25, 0.3) is 0 Å². The molecule has 0 saturated heterocycles. The highest BCUT2D eigenvalue weighted by molar-refractivity contribution is 5.19. The molecule has 2 rings (SSSR count). The molecule has 0 amide bonds. The van der Waals surface area contributed by atoms with E-state index in [1.165, 1.54) is 31.7 Å².